The Kier molecular flexibility index (Phi) is 5.55. The Morgan fingerprint density at radius 2 is 1.76 bits per heavy atom. The minimum absolute atomic E-state index is 0.457. The molecule has 0 saturated heterocycles. The summed E-state index contributed by atoms with van der Waals surface area (Å²) in [6.07, 6.45) is 0. The third-order valence-corrected chi connectivity index (χ3v) is 5.70. The van der Waals surface area contributed by atoms with Crippen LogP contribution < -0.4 is 10.5 Å². The van der Waals surface area contributed by atoms with Crippen LogP contribution in [0.4, 0.5) is 0 Å². The van der Waals surface area contributed by atoms with Crippen molar-refractivity contribution in [3.63, 3.8) is 0 Å². The Morgan fingerprint density at radius 3 is 2.55 bits per heavy atom. The summed E-state index contributed by atoms with van der Waals surface area (Å²) in [4.78, 5) is 12.2. The number of carbonyl (C=O) groups is 1. The Balaban J connectivity index is 1.69. The van der Waals surface area contributed by atoms with Crippen molar-refractivity contribution in [1.82, 2.24) is 4.57 Å². The number of fused-ring (bicyclic) bond motifs is 3. The van der Waals surface area contributed by atoms with Crippen molar-refractivity contribution in [1.29, 1.82) is 0 Å². The minimum atomic E-state index is -0.457. The average molecular weight is 436 g/mol. The van der Waals surface area contributed by atoms with Gasteiger partial charge >= 0.3 is 0 Å². The van der Waals surface area contributed by atoms with Gasteiger partial charge in [-0.3, -0.25) is 4.79 Å². The lowest BCUT2D eigenvalue weighted by molar-refractivity contribution is 0.100. The lowest BCUT2D eigenvalue weighted by Gasteiger charge is -2.14. The van der Waals surface area contributed by atoms with Gasteiger partial charge in [-0.15, -0.1) is 0 Å². The van der Waals surface area contributed by atoms with Gasteiger partial charge in [-0.05, 0) is 54.1 Å². The molecule has 5 heteroatoms. The van der Waals surface area contributed by atoms with Crippen LogP contribution in [0.25, 0.3) is 21.8 Å². The molecular formula is C28H23N2O3. The van der Waals surface area contributed by atoms with Crippen LogP contribution in [0.2, 0.25) is 0 Å². The molecule has 0 aliphatic carbocycles. The van der Waals surface area contributed by atoms with Crippen LogP contribution in [0.3, 0.4) is 0 Å². The number of aromatic nitrogens is 1. The molecular weight excluding hydrogens is 412 g/mol. The molecule has 1 aromatic heterocycles. The first-order valence-corrected chi connectivity index (χ1v) is 10.7. The van der Waals surface area contributed by atoms with Crippen molar-refractivity contribution in [2.45, 2.75) is 13.2 Å². The van der Waals surface area contributed by atoms with Crippen LogP contribution in [0.15, 0.2) is 84.9 Å². The number of ether oxygens (including phenoxy) is 2. The predicted molar refractivity (Wildman–Crippen MR) is 130 cm³/mol. The Labute approximate surface area is 192 Å². The second-order valence-corrected chi connectivity index (χ2v) is 7.87. The first kappa shape index (κ1) is 20.8. The minimum Gasteiger partial charge on any atom is -0.457 e. The summed E-state index contributed by atoms with van der Waals surface area (Å²) >= 11 is 0. The van der Waals surface area contributed by atoms with E-state index in [2.05, 4.69) is 22.8 Å². The fraction of sp³-hybridized carbons (Fsp3) is 0.107. The third-order valence-electron chi connectivity index (χ3n) is 5.70. The summed E-state index contributed by atoms with van der Waals surface area (Å²) in [6.45, 7) is 1.03. The molecule has 0 fully saturated rings. The molecule has 0 atom stereocenters. The lowest BCUT2D eigenvalue weighted by atomic mass is 10.0. The average Bonchev–Trinajstić information content (AvgIpc) is 3.14. The van der Waals surface area contributed by atoms with E-state index in [-0.39, 0.29) is 0 Å². The first-order valence-electron chi connectivity index (χ1n) is 10.7. The zero-order valence-corrected chi connectivity index (χ0v) is 18.2. The maximum absolute atomic E-state index is 12.2. The molecule has 5 rings (SSSR count). The van der Waals surface area contributed by atoms with Crippen molar-refractivity contribution in [3.05, 3.63) is 108 Å². The summed E-state index contributed by atoms with van der Waals surface area (Å²) in [5.74, 6) is 1.10. The van der Waals surface area contributed by atoms with Gasteiger partial charge in [0.05, 0.1) is 24.2 Å². The fourth-order valence-corrected chi connectivity index (χ4v) is 4.24. The van der Waals surface area contributed by atoms with Crippen molar-refractivity contribution in [2.75, 3.05) is 7.11 Å². The Bertz CT molecular complexity index is 1450. The van der Waals surface area contributed by atoms with E-state index in [0.29, 0.717) is 18.7 Å². The molecule has 0 aliphatic rings. The maximum Gasteiger partial charge on any atom is 0.249 e. The van der Waals surface area contributed by atoms with Gasteiger partial charge in [0.25, 0.3) is 0 Å². The number of rotatable bonds is 7. The molecule has 4 aromatic carbocycles. The highest BCUT2D eigenvalue weighted by molar-refractivity contribution is 6.17. The number of hydrogen-bond donors (Lipinski definition) is 1. The van der Waals surface area contributed by atoms with E-state index in [1.807, 2.05) is 66.7 Å². The molecule has 0 bridgehead atoms. The predicted octanol–water partition coefficient (Wildman–Crippen LogP) is 5.68. The topological polar surface area (TPSA) is 66.5 Å². The molecule has 0 unspecified atom stereocenters. The summed E-state index contributed by atoms with van der Waals surface area (Å²) in [7, 11) is 1.67. The molecule has 5 nitrogen and oxygen atoms in total. The standard InChI is InChI=1S/C28H23N2O3/c1-32-18-19-14-15-22-25(16-19)30(24-12-7-11-23(27(22)24)28(29)31)17-20-8-5-6-13-26(20)33-21-9-3-2-4-10-21/h2-14,16H,17-18H2,1H3,(H2,29,31). The highest BCUT2D eigenvalue weighted by atomic mass is 16.5. The molecule has 1 radical (unpaired) electrons. The van der Waals surface area contributed by atoms with E-state index in [9.17, 15) is 4.79 Å². The molecule has 0 saturated carbocycles. The van der Waals surface area contributed by atoms with Crippen LogP contribution in [-0.2, 0) is 17.9 Å². The highest BCUT2D eigenvalue weighted by Crippen LogP contribution is 2.34. The molecule has 5 aromatic rings. The zero-order valence-electron chi connectivity index (χ0n) is 18.2. The number of carbonyl (C=O) groups excluding carboxylic acids is 1. The van der Waals surface area contributed by atoms with Crippen LogP contribution >= 0.6 is 0 Å². The molecule has 163 valence electrons. The number of benzene rings is 4. The number of hydrogen-bond acceptors (Lipinski definition) is 3. The van der Waals surface area contributed by atoms with Gasteiger partial charge in [0.1, 0.15) is 11.5 Å². The highest BCUT2D eigenvalue weighted by Gasteiger charge is 2.18. The van der Waals surface area contributed by atoms with E-state index in [1.54, 1.807) is 13.2 Å². The zero-order chi connectivity index (χ0) is 22.8. The first-order chi connectivity index (χ1) is 16.2. The summed E-state index contributed by atoms with van der Waals surface area (Å²) in [6, 6.07) is 30.7. The number of para-hydroxylation sites is 2. The van der Waals surface area contributed by atoms with Crippen molar-refractivity contribution < 1.29 is 14.3 Å². The van der Waals surface area contributed by atoms with Crippen LogP contribution in [0, 0.1) is 6.07 Å². The molecule has 1 amide bonds. The fourth-order valence-electron chi connectivity index (χ4n) is 4.24. The second kappa shape index (κ2) is 8.81. The largest absolute Gasteiger partial charge is 0.457 e. The van der Waals surface area contributed by atoms with Gasteiger partial charge < -0.3 is 19.8 Å². The summed E-state index contributed by atoms with van der Waals surface area (Å²) in [5.41, 5.74) is 10.1. The molecule has 0 aliphatic heterocycles. The van der Waals surface area contributed by atoms with Crippen LogP contribution in [0.1, 0.15) is 21.5 Å². The van der Waals surface area contributed by atoms with Crippen molar-refractivity contribution >= 4 is 27.7 Å². The normalized spacial score (nSPS) is 11.2. The Hall–Kier alpha value is -4.09. The van der Waals surface area contributed by atoms with Crippen molar-refractivity contribution in [2.24, 2.45) is 5.73 Å². The maximum atomic E-state index is 12.2. The summed E-state index contributed by atoms with van der Waals surface area (Å²) in [5, 5.41) is 1.67. The smallest absolute Gasteiger partial charge is 0.249 e. The van der Waals surface area contributed by atoms with Gasteiger partial charge in [-0.2, -0.15) is 0 Å². The third kappa shape index (κ3) is 3.95. The van der Waals surface area contributed by atoms with Gasteiger partial charge in [0, 0.05) is 29.0 Å². The van der Waals surface area contributed by atoms with E-state index >= 15 is 0 Å². The number of methoxy groups -OCH3 is 1. The molecule has 2 N–H and O–H groups in total. The second-order valence-electron chi connectivity index (χ2n) is 7.87. The van der Waals surface area contributed by atoms with E-state index in [1.165, 1.54) is 0 Å². The molecule has 1 heterocycles. The quantitative estimate of drug-likeness (QED) is 0.358. The van der Waals surface area contributed by atoms with Gasteiger partial charge in [0.2, 0.25) is 5.91 Å². The van der Waals surface area contributed by atoms with E-state index in [0.717, 1.165) is 44.4 Å². The number of nitrogens with zero attached hydrogens (tertiary/aromatic N) is 1. The van der Waals surface area contributed by atoms with Crippen molar-refractivity contribution in [3.8, 4) is 11.5 Å². The van der Waals surface area contributed by atoms with Gasteiger partial charge in [-0.1, -0.05) is 42.5 Å². The van der Waals surface area contributed by atoms with Crippen LogP contribution in [-0.4, -0.2) is 17.6 Å². The van der Waals surface area contributed by atoms with E-state index in [4.69, 9.17) is 15.2 Å². The number of primary amides is 1. The molecule has 0 spiro atoms. The lowest BCUT2D eigenvalue weighted by Crippen LogP contribution is -2.11. The SMILES string of the molecule is COCc1c[c]c2c3c(C(N)=O)cccc3n(Cc3ccccc3Oc3ccccc3)c2c1. The van der Waals surface area contributed by atoms with Gasteiger partial charge in [-0.25, -0.2) is 0 Å². The number of nitrogens with two attached hydrogens (primary N) is 1. The summed E-state index contributed by atoms with van der Waals surface area (Å²) < 4.78 is 13.7. The molecule has 33 heavy (non-hydrogen) atoms. The monoisotopic (exact) mass is 435 g/mol. The van der Waals surface area contributed by atoms with Crippen LogP contribution in [0.5, 0.6) is 11.5 Å². The van der Waals surface area contributed by atoms with E-state index < -0.39 is 5.91 Å². The Morgan fingerprint density at radius 1 is 0.970 bits per heavy atom. The van der Waals surface area contributed by atoms with Gasteiger partial charge in [0.15, 0.2) is 0 Å². The number of amides is 1.